The van der Waals surface area contributed by atoms with Crippen molar-refractivity contribution in [3.05, 3.63) is 30.1 Å². The van der Waals surface area contributed by atoms with Crippen molar-refractivity contribution in [1.29, 1.82) is 0 Å². The summed E-state index contributed by atoms with van der Waals surface area (Å²) in [6.45, 7) is 0. The van der Waals surface area contributed by atoms with Gasteiger partial charge in [0, 0.05) is 17.3 Å². The molecule has 0 unspecified atom stereocenters. The highest BCUT2D eigenvalue weighted by atomic mass is 32.2. The number of rotatable bonds is 5. The molecule has 1 amide bonds. The Morgan fingerprint density at radius 3 is 2.67 bits per heavy atom. The number of amides is 1. The monoisotopic (exact) mass is 341 g/mol. The molecule has 2 aromatic rings. The zero-order valence-corrected chi connectivity index (χ0v) is 14.6. The van der Waals surface area contributed by atoms with Crippen LogP contribution in [0.5, 0.6) is 0 Å². The second kappa shape index (κ2) is 7.09. The molecule has 2 fully saturated rings. The number of carbonyl (C=O) groups excluding carboxylic acids is 1. The largest absolute Gasteiger partial charge is 0.353 e. The van der Waals surface area contributed by atoms with Crippen molar-refractivity contribution in [2.45, 2.75) is 61.9 Å². The van der Waals surface area contributed by atoms with E-state index >= 15 is 0 Å². The van der Waals surface area contributed by atoms with Crippen LogP contribution < -0.4 is 5.32 Å². The van der Waals surface area contributed by atoms with E-state index in [1.165, 1.54) is 32.1 Å². The highest BCUT2D eigenvalue weighted by Gasteiger charge is 2.24. The summed E-state index contributed by atoms with van der Waals surface area (Å²) >= 11 is 1.54. The maximum atomic E-state index is 12.0. The first-order valence-corrected chi connectivity index (χ1v) is 9.97. The molecule has 0 saturated heterocycles. The Bertz CT molecular complexity index is 738. The van der Waals surface area contributed by atoms with Crippen molar-refractivity contribution in [2.24, 2.45) is 0 Å². The summed E-state index contributed by atoms with van der Waals surface area (Å²) in [5, 5.41) is 5.05. The van der Waals surface area contributed by atoms with Crippen LogP contribution in [0, 0.1) is 0 Å². The molecule has 0 radical (unpaired) electrons. The van der Waals surface area contributed by atoms with E-state index in [1.807, 2.05) is 12.1 Å². The van der Waals surface area contributed by atoms with Gasteiger partial charge in [-0.15, -0.1) is 0 Å². The van der Waals surface area contributed by atoms with Gasteiger partial charge in [0.05, 0.1) is 11.3 Å². The highest BCUT2D eigenvalue weighted by molar-refractivity contribution is 8.00. The first-order valence-electron chi connectivity index (χ1n) is 8.98. The molecule has 0 atom stereocenters. The molecular weight excluding hydrogens is 318 g/mol. The lowest BCUT2D eigenvalue weighted by Gasteiger charge is -2.21. The molecule has 1 N–H and O–H groups in total. The van der Waals surface area contributed by atoms with Gasteiger partial charge in [-0.1, -0.05) is 49.2 Å². The molecule has 1 heterocycles. The summed E-state index contributed by atoms with van der Waals surface area (Å²) < 4.78 is 0. The van der Waals surface area contributed by atoms with Crippen molar-refractivity contribution in [3.63, 3.8) is 0 Å². The van der Waals surface area contributed by atoms with Crippen LogP contribution >= 0.6 is 11.8 Å². The van der Waals surface area contributed by atoms with Crippen LogP contribution in [-0.2, 0) is 4.79 Å². The minimum absolute atomic E-state index is 0.115. The Balaban J connectivity index is 1.57. The normalized spacial score (nSPS) is 18.7. The summed E-state index contributed by atoms with van der Waals surface area (Å²) in [5.74, 6) is 1.99. The standard InChI is InChI=1S/C19H23N3OS/c23-17(20-14-10-11-14)12-24-19-15-8-4-5-9-16(15)21-18(22-19)13-6-2-1-3-7-13/h4-5,8-9,13-14H,1-3,6-7,10-12H2,(H,20,23). The van der Waals surface area contributed by atoms with Crippen LogP contribution in [0.25, 0.3) is 10.9 Å². The lowest BCUT2D eigenvalue weighted by atomic mass is 9.88. The van der Waals surface area contributed by atoms with Crippen LogP contribution in [0.15, 0.2) is 29.3 Å². The Morgan fingerprint density at radius 2 is 1.88 bits per heavy atom. The van der Waals surface area contributed by atoms with Gasteiger partial charge in [0.15, 0.2) is 0 Å². The van der Waals surface area contributed by atoms with Gasteiger partial charge in [-0.25, -0.2) is 9.97 Å². The number of nitrogens with one attached hydrogen (secondary N) is 1. The molecule has 4 nitrogen and oxygen atoms in total. The second-order valence-corrected chi connectivity index (χ2v) is 7.83. The second-order valence-electron chi connectivity index (χ2n) is 6.87. The van der Waals surface area contributed by atoms with Crippen LogP contribution in [0.2, 0.25) is 0 Å². The van der Waals surface area contributed by atoms with E-state index in [0.29, 0.717) is 17.7 Å². The Hall–Kier alpha value is -1.62. The Labute approximate surface area is 146 Å². The van der Waals surface area contributed by atoms with Gasteiger partial charge in [-0.3, -0.25) is 4.79 Å². The predicted molar refractivity (Wildman–Crippen MR) is 97.3 cm³/mol. The molecule has 4 rings (SSSR count). The third kappa shape index (κ3) is 3.72. The van der Waals surface area contributed by atoms with Gasteiger partial charge in [0.1, 0.15) is 10.9 Å². The van der Waals surface area contributed by atoms with Crippen molar-refractivity contribution in [3.8, 4) is 0 Å². The smallest absolute Gasteiger partial charge is 0.230 e. The number of para-hydroxylation sites is 1. The van der Waals surface area contributed by atoms with Gasteiger partial charge in [0.25, 0.3) is 0 Å². The lowest BCUT2D eigenvalue weighted by Crippen LogP contribution is -2.27. The summed E-state index contributed by atoms with van der Waals surface area (Å²) in [6, 6.07) is 8.56. The molecule has 1 aromatic heterocycles. The topological polar surface area (TPSA) is 54.9 Å². The zero-order chi connectivity index (χ0) is 16.4. The van der Waals surface area contributed by atoms with Crippen molar-refractivity contribution < 1.29 is 4.79 Å². The summed E-state index contributed by atoms with van der Waals surface area (Å²) in [5.41, 5.74) is 0.998. The van der Waals surface area contributed by atoms with E-state index in [9.17, 15) is 4.79 Å². The molecule has 0 bridgehead atoms. The first-order chi connectivity index (χ1) is 11.8. The van der Waals surface area contributed by atoms with Crippen LogP contribution in [0.3, 0.4) is 0 Å². The number of hydrogen-bond acceptors (Lipinski definition) is 4. The average Bonchev–Trinajstić information content (AvgIpc) is 3.44. The number of carbonyl (C=O) groups is 1. The highest BCUT2D eigenvalue weighted by Crippen LogP contribution is 2.34. The molecule has 5 heteroatoms. The molecule has 2 aliphatic carbocycles. The Morgan fingerprint density at radius 1 is 1.08 bits per heavy atom. The minimum atomic E-state index is 0.115. The van der Waals surface area contributed by atoms with Gasteiger partial charge in [-0.05, 0) is 31.7 Å². The van der Waals surface area contributed by atoms with Crippen molar-refractivity contribution in [2.75, 3.05) is 5.75 Å². The fraction of sp³-hybridized carbons (Fsp3) is 0.526. The van der Waals surface area contributed by atoms with Gasteiger partial charge in [0.2, 0.25) is 5.91 Å². The van der Waals surface area contributed by atoms with E-state index in [2.05, 4.69) is 17.4 Å². The molecule has 126 valence electrons. The third-order valence-corrected chi connectivity index (χ3v) is 5.83. The summed E-state index contributed by atoms with van der Waals surface area (Å²) in [4.78, 5) is 21.7. The van der Waals surface area contributed by atoms with Crippen molar-refractivity contribution >= 4 is 28.6 Å². The van der Waals surface area contributed by atoms with Crippen LogP contribution in [-0.4, -0.2) is 27.7 Å². The van der Waals surface area contributed by atoms with E-state index in [1.54, 1.807) is 11.8 Å². The summed E-state index contributed by atoms with van der Waals surface area (Å²) in [7, 11) is 0. The zero-order valence-electron chi connectivity index (χ0n) is 13.8. The number of fused-ring (bicyclic) bond motifs is 1. The molecule has 2 aliphatic rings. The molecule has 0 aliphatic heterocycles. The average molecular weight is 341 g/mol. The molecule has 1 aromatic carbocycles. The van der Waals surface area contributed by atoms with E-state index < -0.39 is 0 Å². The Kier molecular flexibility index (Phi) is 4.69. The lowest BCUT2D eigenvalue weighted by molar-refractivity contribution is -0.118. The maximum Gasteiger partial charge on any atom is 0.230 e. The summed E-state index contributed by atoms with van der Waals surface area (Å²) in [6.07, 6.45) is 8.49. The van der Waals surface area contributed by atoms with Gasteiger partial charge in [-0.2, -0.15) is 0 Å². The van der Waals surface area contributed by atoms with Crippen molar-refractivity contribution in [1.82, 2.24) is 15.3 Å². The minimum Gasteiger partial charge on any atom is -0.353 e. The fourth-order valence-corrected chi connectivity index (χ4v) is 4.19. The van der Waals surface area contributed by atoms with Gasteiger partial charge >= 0.3 is 0 Å². The quantitative estimate of drug-likeness (QED) is 0.658. The third-order valence-electron chi connectivity index (χ3n) is 4.84. The molecule has 24 heavy (non-hydrogen) atoms. The first kappa shape index (κ1) is 15.9. The van der Waals surface area contributed by atoms with Gasteiger partial charge < -0.3 is 5.32 Å². The fourth-order valence-electron chi connectivity index (χ4n) is 3.35. The maximum absolute atomic E-state index is 12.0. The molecule has 0 spiro atoms. The van der Waals surface area contributed by atoms with Crippen LogP contribution in [0.4, 0.5) is 0 Å². The van der Waals surface area contributed by atoms with E-state index in [-0.39, 0.29) is 5.91 Å². The molecule has 2 saturated carbocycles. The number of benzene rings is 1. The van der Waals surface area contributed by atoms with E-state index in [4.69, 9.17) is 9.97 Å². The number of thioether (sulfide) groups is 1. The van der Waals surface area contributed by atoms with E-state index in [0.717, 1.165) is 34.6 Å². The van der Waals surface area contributed by atoms with Crippen LogP contribution in [0.1, 0.15) is 56.7 Å². The molecular formula is C19H23N3OS. The predicted octanol–water partition coefficient (Wildman–Crippen LogP) is 4.05. The SMILES string of the molecule is O=C(CSc1nc(C2CCCCC2)nc2ccccc12)NC1CC1. The number of hydrogen-bond donors (Lipinski definition) is 1. The number of nitrogens with zero attached hydrogens (tertiary/aromatic N) is 2. The number of aromatic nitrogens is 2.